The Labute approximate surface area is 134 Å². The molecule has 1 aliphatic rings. The molecule has 23 heavy (non-hydrogen) atoms. The molecule has 120 valence electrons. The van der Waals surface area contributed by atoms with Gasteiger partial charge < -0.3 is 4.74 Å². The number of halogens is 2. The van der Waals surface area contributed by atoms with Gasteiger partial charge in [-0.1, -0.05) is 18.2 Å². The molecule has 1 heterocycles. The van der Waals surface area contributed by atoms with E-state index >= 15 is 0 Å². The van der Waals surface area contributed by atoms with Gasteiger partial charge in [-0.15, -0.1) is 0 Å². The largest absolute Gasteiger partial charge is 0.494 e. The van der Waals surface area contributed by atoms with E-state index in [1.165, 1.54) is 18.2 Å². The smallest absolute Gasteiger partial charge is 0.135 e. The molecule has 0 N–H and O–H groups in total. The highest BCUT2D eigenvalue weighted by Gasteiger charge is 2.26. The Morgan fingerprint density at radius 2 is 1.91 bits per heavy atom. The lowest BCUT2D eigenvalue weighted by Crippen LogP contribution is -2.03. The molecule has 0 radical (unpaired) electrons. The molecule has 1 aliphatic heterocycles. The molecule has 2 aromatic rings. The number of hydrogen-bond acceptors (Lipinski definition) is 2. The molecule has 0 bridgehead atoms. The van der Waals surface area contributed by atoms with E-state index < -0.39 is 11.6 Å². The summed E-state index contributed by atoms with van der Waals surface area (Å²) in [5, 5.41) is 0. The van der Waals surface area contributed by atoms with Crippen LogP contribution in [0.1, 0.15) is 42.5 Å². The van der Waals surface area contributed by atoms with Gasteiger partial charge in [0.2, 0.25) is 0 Å². The highest BCUT2D eigenvalue weighted by Crippen LogP contribution is 2.37. The Morgan fingerprint density at radius 1 is 1.17 bits per heavy atom. The van der Waals surface area contributed by atoms with Crippen molar-refractivity contribution >= 4 is 5.71 Å². The zero-order chi connectivity index (χ0) is 16.4. The van der Waals surface area contributed by atoms with Gasteiger partial charge in [-0.05, 0) is 50.5 Å². The van der Waals surface area contributed by atoms with Gasteiger partial charge in [0.05, 0.1) is 18.2 Å². The summed E-state index contributed by atoms with van der Waals surface area (Å²) < 4.78 is 33.6. The van der Waals surface area contributed by atoms with Gasteiger partial charge in [0, 0.05) is 11.3 Å². The minimum atomic E-state index is -0.557. The molecule has 0 aliphatic carbocycles. The fourth-order valence-corrected chi connectivity index (χ4v) is 2.98. The minimum absolute atomic E-state index is 0.0000663. The standard InChI is InChI=1S/C19H19F2NO/c1-3-23-18-11-12(2)7-8-13(18)16-9-10-17(22-16)19-14(20)5-4-6-15(19)21/h4-8,11,16H,3,9-10H2,1-2H3/t16-/m0/s1. The van der Waals surface area contributed by atoms with E-state index in [0.717, 1.165) is 23.3 Å². The summed E-state index contributed by atoms with van der Waals surface area (Å²) in [6.07, 6.45) is 1.29. The Balaban J connectivity index is 1.97. The van der Waals surface area contributed by atoms with E-state index in [4.69, 9.17) is 4.74 Å². The lowest BCUT2D eigenvalue weighted by Gasteiger charge is -2.14. The molecular weight excluding hydrogens is 296 g/mol. The number of aliphatic imine (C=N–C) groups is 1. The number of aryl methyl sites for hydroxylation is 1. The monoisotopic (exact) mass is 315 g/mol. The quantitative estimate of drug-likeness (QED) is 0.778. The normalized spacial score (nSPS) is 17.2. The molecule has 0 saturated heterocycles. The van der Waals surface area contributed by atoms with Crippen LogP contribution in [0.25, 0.3) is 0 Å². The predicted molar refractivity (Wildman–Crippen MR) is 87.2 cm³/mol. The summed E-state index contributed by atoms with van der Waals surface area (Å²) in [4.78, 5) is 4.58. The van der Waals surface area contributed by atoms with E-state index in [1.807, 2.05) is 32.0 Å². The lowest BCUT2D eigenvalue weighted by atomic mass is 10.0. The van der Waals surface area contributed by atoms with Crippen molar-refractivity contribution in [3.05, 3.63) is 64.7 Å². The summed E-state index contributed by atoms with van der Waals surface area (Å²) in [5.41, 5.74) is 2.58. The molecule has 3 rings (SSSR count). The Hall–Kier alpha value is -2.23. The molecule has 0 amide bonds. The van der Waals surface area contributed by atoms with Gasteiger partial charge in [0.1, 0.15) is 17.4 Å². The summed E-state index contributed by atoms with van der Waals surface area (Å²) in [6, 6.07) is 9.78. The SMILES string of the molecule is CCOc1cc(C)ccc1[C@@H]1CCC(c2c(F)cccc2F)=N1. The maximum Gasteiger partial charge on any atom is 0.135 e. The van der Waals surface area contributed by atoms with Gasteiger partial charge in [0.25, 0.3) is 0 Å². The first-order chi connectivity index (χ1) is 11.1. The first-order valence-electron chi connectivity index (χ1n) is 7.84. The van der Waals surface area contributed by atoms with Crippen LogP contribution in [0.4, 0.5) is 8.78 Å². The Bertz CT molecular complexity index is 735. The Morgan fingerprint density at radius 3 is 2.61 bits per heavy atom. The molecule has 0 unspecified atom stereocenters. The van der Waals surface area contributed by atoms with Crippen LogP contribution in [0.15, 0.2) is 41.4 Å². The van der Waals surface area contributed by atoms with Crippen molar-refractivity contribution in [2.45, 2.75) is 32.7 Å². The number of benzene rings is 2. The average molecular weight is 315 g/mol. The second kappa shape index (κ2) is 6.49. The second-order valence-electron chi connectivity index (χ2n) is 5.70. The molecule has 2 aromatic carbocycles. The van der Waals surface area contributed by atoms with Gasteiger partial charge in [-0.25, -0.2) is 8.78 Å². The average Bonchev–Trinajstić information content (AvgIpc) is 2.97. The van der Waals surface area contributed by atoms with Gasteiger partial charge in [0.15, 0.2) is 0 Å². The number of rotatable bonds is 4. The van der Waals surface area contributed by atoms with Crippen LogP contribution in [-0.4, -0.2) is 12.3 Å². The fraction of sp³-hybridized carbons (Fsp3) is 0.316. The summed E-state index contributed by atoms with van der Waals surface area (Å²) in [5.74, 6) is -0.312. The van der Waals surface area contributed by atoms with E-state index in [1.54, 1.807) is 0 Å². The van der Waals surface area contributed by atoms with Crippen molar-refractivity contribution < 1.29 is 13.5 Å². The maximum atomic E-state index is 13.9. The number of nitrogens with zero attached hydrogens (tertiary/aromatic N) is 1. The molecule has 0 fully saturated rings. The maximum absolute atomic E-state index is 13.9. The first-order valence-corrected chi connectivity index (χ1v) is 7.84. The van der Waals surface area contributed by atoms with Crippen molar-refractivity contribution in [2.24, 2.45) is 4.99 Å². The number of hydrogen-bond donors (Lipinski definition) is 0. The van der Waals surface area contributed by atoms with Gasteiger partial charge in [-0.2, -0.15) is 0 Å². The van der Waals surface area contributed by atoms with Crippen molar-refractivity contribution in [3.63, 3.8) is 0 Å². The van der Waals surface area contributed by atoms with Gasteiger partial charge >= 0.3 is 0 Å². The second-order valence-corrected chi connectivity index (χ2v) is 5.70. The predicted octanol–water partition coefficient (Wildman–Crippen LogP) is 5.00. The topological polar surface area (TPSA) is 21.6 Å². The molecule has 2 nitrogen and oxygen atoms in total. The van der Waals surface area contributed by atoms with Crippen LogP contribution in [0, 0.1) is 18.6 Å². The van der Waals surface area contributed by atoms with Crippen molar-refractivity contribution in [3.8, 4) is 5.75 Å². The Kier molecular flexibility index (Phi) is 4.42. The number of ether oxygens (including phenoxy) is 1. The van der Waals surface area contributed by atoms with Crippen molar-refractivity contribution in [1.82, 2.24) is 0 Å². The third-order valence-corrected chi connectivity index (χ3v) is 4.05. The van der Waals surface area contributed by atoms with Crippen LogP contribution in [0.3, 0.4) is 0 Å². The van der Waals surface area contributed by atoms with Crippen LogP contribution in [0.2, 0.25) is 0 Å². The molecule has 1 atom stereocenters. The summed E-state index contributed by atoms with van der Waals surface area (Å²) >= 11 is 0. The van der Waals surface area contributed by atoms with Gasteiger partial charge in [-0.3, -0.25) is 4.99 Å². The molecule has 4 heteroatoms. The van der Waals surface area contributed by atoms with E-state index in [2.05, 4.69) is 4.99 Å². The van der Waals surface area contributed by atoms with Crippen molar-refractivity contribution in [1.29, 1.82) is 0 Å². The highest BCUT2D eigenvalue weighted by molar-refractivity contribution is 6.02. The molecule has 0 saturated carbocycles. The third kappa shape index (κ3) is 3.11. The van der Waals surface area contributed by atoms with Crippen LogP contribution >= 0.6 is 0 Å². The van der Waals surface area contributed by atoms with Crippen LogP contribution < -0.4 is 4.74 Å². The zero-order valence-corrected chi connectivity index (χ0v) is 13.3. The third-order valence-electron chi connectivity index (χ3n) is 4.05. The van der Waals surface area contributed by atoms with Crippen LogP contribution in [-0.2, 0) is 0 Å². The highest BCUT2D eigenvalue weighted by atomic mass is 19.1. The van der Waals surface area contributed by atoms with E-state index in [0.29, 0.717) is 18.7 Å². The fourth-order valence-electron chi connectivity index (χ4n) is 2.98. The van der Waals surface area contributed by atoms with Crippen LogP contribution in [0.5, 0.6) is 5.75 Å². The zero-order valence-electron chi connectivity index (χ0n) is 13.3. The molecular formula is C19H19F2NO. The first kappa shape index (κ1) is 15.7. The molecule has 0 aromatic heterocycles. The van der Waals surface area contributed by atoms with Crippen molar-refractivity contribution in [2.75, 3.05) is 6.61 Å². The summed E-state index contributed by atoms with van der Waals surface area (Å²) in [7, 11) is 0. The summed E-state index contributed by atoms with van der Waals surface area (Å²) in [6.45, 7) is 4.51. The van der Waals surface area contributed by atoms with E-state index in [9.17, 15) is 8.78 Å². The lowest BCUT2D eigenvalue weighted by molar-refractivity contribution is 0.334. The minimum Gasteiger partial charge on any atom is -0.494 e. The molecule has 0 spiro atoms. The van der Waals surface area contributed by atoms with E-state index in [-0.39, 0.29) is 11.6 Å².